The lowest BCUT2D eigenvalue weighted by Gasteiger charge is -2.29. The average molecular weight is 710 g/mol. The van der Waals surface area contributed by atoms with Gasteiger partial charge < -0.3 is 36.8 Å². The van der Waals surface area contributed by atoms with E-state index in [-0.39, 0.29) is 18.6 Å². The Labute approximate surface area is 296 Å². The molecule has 3 aromatic carbocycles. The molecule has 0 bridgehead atoms. The Balaban J connectivity index is 1.62. The maximum absolute atomic E-state index is 13.3. The standard InChI is InChI=1S/C35H43N5O7S2/c1-21-16-25(47-34(46)37-19-23-12-8-5-9-13-23)15-14-24(21)18-26(36)30(41)39-28(20-48)32(43)38-27(17-22-10-6-4-7-11-22)31(42)40-29(33(44)45)35(2,3)49/h4-16,26-29,48-49H,17-20,36H2,1-3H3,(H,37,46)(H,38,43)(H,39,41)(H,40,42)(H,44,45)/t26-,27-,28+,29-/m0/s1. The van der Waals surface area contributed by atoms with Crippen LogP contribution in [0.5, 0.6) is 5.75 Å². The Morgan fingerprint density at radius 3 is 1.94 bits per heavy atom. The van der Waals surface area contributed by atoms with Crippen LogP contribution in [0.1, 0.15) is 36.1 Å². The summed E-state index contributed by atoms with van der Waals surface area (Å²) in [5.41, 5.74) is 9.32. The van der Waals surface area contributed by atoms with E-state index in [4.69, 9.17) is 10.5 Å². The molecule has 3 aromatic rings. The number of amides is 4. The number of carboxylic acids is 1. The molecule has 0 heterocycles. The maximum atomic E-state index is 13.3. The van der Waals surface area contributed by atoms with E-state index < -0.39 is 58.7 Å². The molecule has 4 amide bonds. The molecule has 0 fully saturated rings. The van der Waals surface area contributed by atoms with Crippen molar-refractivity contribution in [2.75, 3.05) is 5.75 Å². The molecule has 0 saturated carbocycles. The Morgan fingerprint density at radius 2 is 1.39 bits per heavy atom. The van der Waals surface area contributed by atoms with E-state index in [9.17, 15) is 29.1 Å². The van der Waals surface area contributed by atoms with Crippen molar-refractivity contribution in [3.8, 4) is 5.75 Å². The quantitative estimate of drug-likeness (QED) is 0.104. The van der Waals surface area contributed by atoms with Gasteiger partial charge in [0.1, 0.15) is 23.9 Å². The van der Waals surface area contributed by atoms with Gasteiger partial charge in [-0.05, 0) is 61.6 Å². The van der Waals surface area contributed by atoms with Crippen LogP contribution >= 0.6 is 25.3 Å². The summed E-state index contributed by atoms with van der Waals surface area (Å²) in [4.78, 5) is 63.9. The van der Waals surface area contributed by atoms with Crippen LogP contribution < -0.4 is 31.7 Å². The fourth-order valence-corrected chi connectivity index (χ4v) is 5.22. The first-order chi connectivity index (χ1) is 23.2. The number of hydrogen-bond donors (Lipinski definition) is 8. The van der Waals surface area contributed by atoms with Crippen LogP contribution in [-0.2, 0) is 38.6 Å². The van der Waals surface area contributed by atoms with Crippen molar-refractivity contribution in [2.45, 2.75) is 69.1 Å². The molecule has 4 atom stereocenters. The van der Waals surface area contributed by atoms with Crippen molar-refractivity contribution in [2.24, 2.45) is 5.73 Å². The Morgan fingerprint density at radius 1 is 0.816 bits per heavy atom. The van der Waals surface area contributed by atoms with E-state index >= 15 is 0 Å². The number of thiol groups is 2. The Hall–Kier alpha value is -4.53. The zero-order chi connectivity index (χ0) is 36.1. The number of aliphatic carboxylic acids is 1. The molecule has 0 spiro atoms. The summed E-state index contributed by atoms with van der Waals surface area (Å²) in [7, 11) is 0. The summed E-state index contributed by atoms with van der Waals surface area (Å²) in [6, 6.07) is 18.5. The number of aryl methyl sites for hydroxylation is 1. The largest absolute Gasteiger partial charge is 0.480 e. The lowest BCUT2D eigenvalue weighted by molar-refractivity contribution is -0.143. The minimum Gasteiger partial charge on any atom is -0.480 e. The van der Waals surface area contributed by atoms with Gasteiger partial charge in [-0.25, -0.2) is 9.59 Å². The Bertz CT molecular complexity index is 1600. The molecule has 0 unspecified atom stereocenters. The Kier molecular flexibility index (Phi) is 14.5. The molecule has 7 N–H and O–H groups in total. The number of nitrogens with one attached hydrogen (secondary N) is 4. The highest BCUT2D eigenvalue weighted by Gasteiger charge is 2.36. The number of rotatable bonds is 16. The molecule has 0 aromatic heterocycles. The number of ether oxygens (including phenoxy) is 1. The first kappa shape index (κ1) is 38.9. The third-order valence-electron chi connectivity index (χ3n) is 7.55. The van der Waals surface area contributed by atoms with Crippen LogP contribution in [0.4, 0.5) is 4.79 Å². The summed E-state index contributed by atoms with van der Waals surface area (Å²) in [5.74, 6) is -3.13. The van der Waals surface area contributed by atoms with E-state index in [1.165, 1.54) is 0 Å². The van der Waals surface area contributed by atoms with Gasteiger partial charge in [-0.1, -0.05) is 66.7 Å². The molecule has 12 nitrogen and oxygen atoms in total. The van der Waals surface area contributed by atoms with Crippen LogP contribution in [0, 0.1) is 6.92 Å². The van der Waals surface area contributed by atoms with Gasteiger partial charge in [-0.3, -0.25) is 14.4 Å². The van der Waals surface area contributed by atoms with Gasteiger partial charge >= 0.3 is 12.1 Å². The normalized spacial score (nSPS) is 13.6. The number of hydrogen-bond acceptors (Lipinski definition) is 9. The molecule has 262 valence electrons. The van der Waals surface area contributed by atoms with Gasteiger partial charge in [0.2, 0.25) is 17.7 Å². The van der Waals surface area contributed by atoms with Gasteiger partial charge in [0.25, 0.3) is 0 Å². The summed E-state index contributed by atoms with van der Waals surface area (Å²) in [6.07, 6.45) is -0.439. The highest BCUT2D eigenvalue weighted by atomic mass is 32.1. The summed E-state index contributed by atoms with van der Waals surface area (Å²) < 4.78 is 4.27. The highest BCUT2D eigenvalue weighted by molar-refractivity contribution is 7.81. The number of carboxylic acid groups (broad SMARTS) is 1. The molecular formula is C35H43N5O7S2. The number of nitrogens with two attached hydrogens (primary N) is 1. The van der Waals surface area contributed by atoms with Crippen molar-refractivity contribution >= 4 is 55.0 Å². The highest BCUT2D eigenvalue weighted by Crippen LogP contribution is 2.20. The maximum Gasteiger partial charge on any atom is 0.412 e. The van der Waals surface area contributed by atoms with Gasteiger partial charge in [0.15, 0.2) is 0 Å². The number of benzene rings is 3. The van der Waals surface area contributed by atoms with E-state index in [0.717, 1.165) is 16.7 Å². The van der Waals surface area contributed by atoms with Crippen molar-refractivity contribution < 1.29 is 33.8 Å². The van der Waals surface area contributed by atoms with E-state index in [1.807, 2.05) is 30.3 Å². The van der Waals surface area contributed by atoms with E-state index in [0.29, 0.717) is 17.9 Å². The van der Waals surface area contributed by atoms with Gasteiger partial charge in [0.05, 0.1) is 6.04 Å². The second-order valence-corrected chi connectivity index (χ2v) is 13.6. The second kappa shape index (κ2) is 18.3. The molecule has 0 saturated heterocycles. The van der Waals surface area contributed by atoms with E-state index in [2.05, 4.69) is 46.5 Å². The van der Waals surface area contributed by atoms with Crippen molar-refractivity contribution in [3.05, 3.63) is 101 Å². The minimum atomic E-state index is -1.35. The molecule has 0 aliphatic rings. The number of carbonyl (C=O) groups excluding carboxylic acids is 4. The molecule has 0 aliphatic heterocycles. The van der Waals surface area contributed by atoms with Crippen LogP contribution in [0.2, 0.25) is 0 Å². The minimum absolute atomic E-state index is 0.0537. The predicted molar refractivity (Wildman–Crippen MR) is 193 cm³/mol. The molecule has 14 heteroatoms. The summed E-state index contributed by atoms with van der Waals surface area (Å²) >= 11 is 8.54. The molecular weight excluding hydrogens is 667 g/mol. The summed E-state index contributed by atoms with van der Waals surface area (Å²) in [6.45, 7) is 5.20. The van der Waals surface area contributed by atoms with Gasteiger partial charge in [-0.15, -0.1) is 0 Å². The monoisotopic (exact) mass is 709 g/mol. The lowest BCUT2D eigenvalue weighted by Crippen LogP contribution is -2.60. The van der Waals surface area contributed by atoms with Crippen molar-refractivity contribution in [1.82, 2.24) is 21.3 Å². The SMILES string of the molecule is Cc1cc(OC(=O)NCc2ccccc2)ccc1C[C@H](N)C(=O)N[C@H](CS)C(=O)N[C@@H](Cc1ccccc1)C(=O)N[C@@H](C(=O)O)C(C)(C)S. The second-order valence-electron chi connectivity index (χ2n) is 12.1. The average Bonchev–Trinajstić information content (AvgIpc) is 3.06. The third-order valence-corrected chi connectivity index (χ3v) is 8.18. The smallest absolute Gasteiger partial charge is 0.412 e. The van der Waals surface area contributed by atoms with Gasteiger partial charge in [0, 0.05) is 23.5 Å². The topological polar surface area (TPSA) is 189 Å². The zero-order valence-electron chi connectivity index (χ0n) is 27.5. The fraction of sp³-hybridized carbons (Fsp3) is 0.343. The van der Waals surface area contributed by atoms with Gasteiger partial charge in [-0.2, -0.15) is 25.3 Å². The van der Waals surface area contributed by atoms with Crippen molar-refractivity contribution in [3.63, 3.8) is 0 Å². The molecule has 0 radical (unpaired) electrons. The van der Waals surface area contributed by atoms with Crippen LogP contribution in [0.15, 0.2) is 78.9 Å². The molecule has 3 rings (SSSR count). The lowest BCUT2D eigenvalue weighted by atomic mass is 10.00. The molecule has 49 heavy (non-hydrogen) atoms. The van der Waals surface area contributed by atoms with Crippen LogP contribution in [0.25, 0.3) is 0 Å². The first-order valence-electron chi connectivity index (χ1n) is 15.5. The third kappa shape index (κ3) is 12.5. The van der Waals surface area contributed by atoms with Crippen LogP contribution in [0.3, 0.4) is 0 Å². The summed E-state index contributed by atoms with van der Waals surface area (Å²) in [5, 5.41) is 20.1. The van der Waals surface area contributed by atoms with Crippen LogP contribution in [-0.4, -0.2) is 69.6 Å². The number of carbonyl (C=O) groups is 5. The van der Waals surface area contributed by atoms with E-state index in [1.54, 1.807) is 69.3 Å². The van der Waals surface area contributed by atoms with Crippen molar-refractivity contribution in [1.29, 1.82) is 0 Å². The predicted octanol–water partition coefficient (Wildman–Crippen LogP) is 2.57. The zero-order valence-corrected chi connectivity index (χ0v) is 29.3. The molecule has 0 aliphatic carbocycles. The first-order valence-corrected chi connectivity index (χ1v) is 16.6. The fourth-order valence-electron chi connectivity index (χ4n) is 4.79.